The molecule has 1 nitrogen and oxygen atoms in total. The van der Waals surface area contributed by atoms with Crippen molar-refractivity contribution in [2.45, 2.75) is 25.3 Å². The summed E-state index contributed by atoms with van der Waals surface area (Å²) in [5, 5.41) is 0. The molecule has 0 aromatic rings. The molecule has 0 aromatic carbocycles. The Morgan fingerprint density at radius 3 is 2.92 bits per heavy atom. The molecule has 3 rings (SSSR count). The molecule has 0 radical (unpaired) electrons. The molecule has 3 aliphatic rings. The van der Waals surface area contributed by atoms with Crippen molar-refractivity contribution in [3.8, 4) is 0 Å². The van der Waals surface area contributed by atoms with E-state index in [0.29, 0.717) is 0 Å². The van der Waals surface area contributed by atoms with E-state index in [9.17, 15) is 0 Å². The molecule has 4 atom stereocenters. The molecule has 13 heavy (non-hydrogen) atoms. The minimum absolute atomic E-state index is 0.937. The normalized spacial score (nSPS) is 48.4. The molecule has 0 amide bonds. The zero-order chi connectivity index (χ0) is 8.84. The van der Waals surface area contributed by atoms with E-state index in [2.05, 4.69) is 11.0 Å². The van der Waals surface area contributed by atoms with E-state index in [1.807, 2.05) is 0 Å². The monoisotopic (exact) mass is 197 g/mol. The Morgan fingerprint density at radius 2 is 2.15 bits per heavy atom. The van der Waals surface area contributed by atoms with Crippen molar-refractivity contribution in [1.82, 2.24) is 4.90 Å². The number of rotatable bonds is 2. The summed E-state index contributed by atoms with van der Waals surface area (Å²) in [4.78, 5) is 2.60. The lowest BCUT2D eigenvalue weighted by Crippen LogP contribution is -2.58. The number of fused-ring (bicyclic) bond motifs is 5. The Balaban J connectivity index is 1.66. The molecule has 0 spiro atoms. The fourth-order valence-electron chi connectivity index (χ4n) is 3.83. The van der Waals surface area contributed by atoms with E-state index in [4.69, 9.17) is 11.6 Å². The van der Waals surface area contributed by atoms with Crippen molar-refractivity contribution >= 4 is 11.6 Å². The van der Waals surface area contributed by atoms with Gasteiger partial charge in [0.25, 0.3) is 0 Å². The SMILES string of the molecule is Cl/C=C/CN1CC2C3CCC(C3)C21. The summed E-state index contributed by atoms with van der Waals surface area (Å²) in [6, 6.07) is 0.937. The van der Waals surface area contributed by atoms with Gasteiger partial charge in [0.05, 0.1) is 0 Å². The van der Waals surface area contributed by atoms with Crippen molar-refractivity contribution < 1.29 is 0 Å². The fourth-order valence-corrected chi connectivity index (χ4v) is 3.91. The number of likely N-dealkylation sites (tertiary alicyclic amines) is 1. The summed E-state index contributed by atoms with van der Waals surface area (Å²) in [7, 11) is 0. The number of halogens is 1. The van der Waals surface area contributed by atoms with Gasteiger partial charge in [-0.3, -0.25) is 4.90 Å². The number of hydrogen-bond donors (Lipinski definition) is 0. The van der Waals surface area contributed by atoms with Gasteiger partial charge in [-0.1, -0.05) is 17.7 Å². The van der Waals surface area contributed by atoms with Crippen LogP contribution in [0.1, 0.15) is 19.3 Å². The highest BCUT2D eigenvalue weighted by molar-refractivity contribution is 6.25. The van der Waals surface area contributed by atoms with Crippen LogP contribution in [0.4, 0.5) is 0 Å². The Labute approximate surface area is 84.7 Å². The number of nitrogens with zero attached hydrogens (tertiary/aromatic N) is 1. The van der Waals surface area contributed by atoms with Gasteiger partial charge in [0.15, 0.2) is 0 Å². The first-order valence-electron chi connectivity index (χ1n) is 5.39. The van der Waals surface area contributed by atoms with Crippen LogP contribution in [0.25, 0.3) is 0 Å². The molecule has 0 N–H and O–H groups in total. The van der Waals surface area contributed by atoms with E-state index in [1.54, 1.807) is 5.54 Å². The zero-order valence-electron chi connectivity index (χ0n) is 7.82. The van der Waals surface area contributed by atoms with Gasteiger partial charge in [0.1, 0.15) is 0 Å². The lowest BCUT2D eigenvalue weighted by molar-refractivity contribution is -0.0121. The highest BCUT2D eigenvalue weighted by Gasteiger charge is 2.55. The minimum Gasteiger partial charge on any atom is -0.296 e. The van der Waals surface area contributed by atoms with Crippen molar-refractivity contribution in [2.24, 2.45) is 17.8 Å². The van der Waals surface area contributed by atoms with E-state index in [1.165, 1.54) is 25.8 Å². The Bertz CT molecular complexity index is 236. The van der Waals surface area contributed by atoms with Crippen LogP contribution in [0, 0.1) is 17.8 Å². The molecule has 72 valence electrons. The maximum absolute atomic E-state index is 5.54. The summed E-state index contributed by atoms with van der Waals surface area (Å²) >= 11 is 5.54. The topological polar surface area (TPSA) is 3.24 Å². The predicted octanol–water partition coefficient (Wildman–Crippen LogP) is 2.47. The van der Waals surface area contributed by atoms with Crippen LogP contribution in [-0.4, -0.2) is 24.0 Å². The Morgan fingerprint density at radius 1 is 1.31 bits per heavy atom. The molecule has 2 heteroatoms. The average Bonchev–Trinajstić information content (AvgIpc) is 2.60. The highest BCUT2D eigenvalue weighted by Crippen LogP contribution is 2.55. The lowest BCUT2D eigenvalue weighted by Gasteiger charge is -2.50. The highest BCUT2D eigenvalue weighted by atomic mass is 35.5. The molecule has 0 aromatic heterocycles. The molecule has 1 heterocycles. The zero-order valence-corrected chi connectivity index (χ0v) is 8.58. The van der Waals surface area contributed by atoms with Crippen molar-refractivity contribution in [2.75, 3.05) is 13.1 Å². The van der Waals surface area contributed by atoms with Crippen molar-refractivity contribution in [1.29, 1.82) is 0 Å². The second-order valence-corrected chi connectivity index (χ2v) is 5.06. The quantitative estimate of drug-likeness (QED) is 0.658. The van der Waals surface area contributed by atoms with Crippen molar-refractivity contribution in [3.05, 3.63) is 11.6 Å². The van der Waals surface area contributed by atoms with Crippen LogP contribution in [-0.2, 0) is 0 Å². The van der Waals surface area contributed by atoms with Crippen LogP contribution in [0.3, 0.4) is 0 Å². The smallest absolute Gasteiger partial charge is 0.0178 e. The van der Waals surface area contributed by atoms with Gasteiger partial charge in [-0.25, -0.2) is 0 Å². The van der Waals surface area contributed by atoms with Crippen LogP contribution in [0.2, 0.25) is 0 Å². The lowest BCUT2D eigenvalue weighted by atomic mass is 9.77. The largest absolute Gasteiger partial charge is 0.296 e. The van der Waals surface area contributed by atoms with E-state index in [0.717, 1.165) is 30.3 Å². The first kappa shape index (κ1) is 8.31. The standard InChI is InChI=1S/C11H16ClN/c12-4-1-5-13-7-10-8-2-3-9(6-8)11(10)13/h1,4,8-11H,2-3,5-7H2/b4-1+. The second-order valence-electron chi connectivity index (χ2n) is 4.80. The molecule has 2 bridgehead atoms. The van der Waals surface area contributed by atoms with Gasteiger partial charge >= 0.3 is 0 Å². The molecular weight excluding hydrogens is 182 g/mol. The van der Waals surface area contributed by atoms with Gasteiger partial charge in [-0.05, 0) is 37.0 Å². The molecule has 1 aliphatic heterocycles. The predicted molar refractivity (Wildman–Crippen MR) is 54.7 cm³/mol. The summed E-state index contributed by atoms with van der Waals surface area (Å²) < 4.78 is 0. The summed E-state index contributed by atoms with van der Waals surface area (Å²) in [6.07, 6.45) is 6.61. The Hall–Kier alpha value is -0.0100. The molecule has 1 saturated heterocycles. The second kappa shape index (κ2) is 2.99. The maximum Gasteiger partial charge on any atom is 0.0178 e. The van der Waals surface area contributed by atoms with Crippen LogP contribution in [0.5, 0.6) is 0 Å². The summed E-state index contributed by atoms with van der Waals surface area (Å²) in [5.41, 5.74) is 1.65. The van der Waals surface area contributed by atoms with Gasteiger partial charge in [0, 0.05) is 24.7 Å². The third kappa shape index (κ3) is 1.10. The molecule has 2 saturated carbocycles. The summed E-state index contributed by atoms with van der Waals surface area (Å²) in [5.74, 6) is 3.18. The van der Waals surface area contributed by atoms with Crippen LogP contribution < -0.4 is 0 Å². The average molecular weight is 198 g/mol. The third-order valence-electron chi connectivity index (χ3n) is 4.34. The fraction of sp³-hybridized carbons (Fsp3) is 0.818. The molecule has 4 unspecified atom stereocenters. The molecule has 2 aliphatic carbocycles. The number of hydrogen-bond acceptors (Lipinski definition) is 1. The third-order valence-corrected chi connectivity index (χ3v) is 4.52. The van der Waals surface area contributed by atoms with Crippen LogP contribution in [0.15, 0.2) is 11.6 Å². The first-order valence-corrected chi connectivity index (χ1v) is 5.83. The molecule has 3 fully saturated rings. The van der Waals surface area contributed by atoms with Gasteiger partial charge < -0.3 is 0 Å². The van der Waals surface area contributed by atoms with Gasteiger partial charge in [-0.2, -0.15) is 0 Å². The molecular formula is C11H16ClN. The van der Waals surface area contributed by atoms with E-state index >= 15 is 0 Å². The maximum atomic E-state index is 5.54. The van der Waals surface area contributed by atoms with E-state index < -0.39 is 0 Å². The van der Waals surface area contributed by atoms with Crippen LogP contribution >= 0.6 is 11.6 Å². The summed E-state index contributed by atoms with van der Waals surface area (Å²) in [6.45, 7) is 2.42. The van der Waals surface area contributed by atoms with Gasteiger partial charge in [-0.15, -0.1) is 0 Å². The Kier molecular flexibility index (Phi) is 1.91. The van der Waals surface area contributed by atoms with Crippen molar-refractivity contribution in [3.63, 3.8) is 0 Å². The first-order chi connectivity index (χ1) is 6.40. The van der Waals surface area contributed by atoms with E-state index in [-0.39, 0.29) is 0 Å². The van der Waals surface area contributed by atoms with Gasteiger partial charge in [0.2, 0.25) is 0 Å². The minimum atomic E-state index is 0.937.